The quantitative estimate of drug-likeness (QED) is 0.174. The van der Waals surface area contributed by atoms with Crippen molar-refractivity contribution in [2.45, 2.75) is 0 Å². The third-order valence-electron chi connectivity index (χ3n) is 10.7. The van der Waals surface area contributed by atoms with Crippen LogP contribution in [0.4, 0.5) is 0 Å². The monoisotopic (exact) mass is 732 g/mol. The zero-order chi connectivity index (χ0) is 37.5. The Morgan fingerprint density at radius 3 is 1.26 bits per heavy atom. The fourth-order valence-corrected chi connectivity index (χ4v) is 7.89. The number of para-hydroxylation sites is 6. The molecule has 0 amide bonds. The molecule has 8 aromatic carbocycles. The van der Waals surface area contributed by atoms with E-state index in [0.29, 0.717) is 29.4 Å². The van der Waals surface area contributed by atoms with E-state index >= 15 is 0 Å². The van der Waals surface area contributed by atoms with Gasteiger partial charge in [0, 0.05) is 33.0 Å². The first-order chi connectivity index (χ1) is 28.2. The van der Waals surface area contributed by atoms with Gasteiger partial charge in [0.15, 0.2) is 22.8 Å². The van der Waals surface area contributed by atoms with Crippen molar-refractivity contribution in [2.75, 3.05) is 0 Å². The molecule has 8 heteroatoms. The van der Waals surface area contributed by atoms with Crippen molar-refractivity contribution >= 4 is 65.6 Å². The lowest BCUT2D eigenvalue weighted by Crippen LogP contribution is -2.06. The number of oxazole rings is 2. The molecule has 0 radical (unpaired) electrons. The molecule has 0 spiro atoms. The lowest BCUT2D eigenvalue weighted by molar-refractivity contribution is 0.619. The van der Waals surface area contributed by atoms with Crippen LogP contribution < -0.4 is 0 Å². The summed E-state index contributed by atoms with van der Waals surface area (Å²) in [6, 6.07) is 57.5. The zero-order valence-corrected chi connectivity index (χ0v) is 30.2. The van der Waals surface area contributed by atoms with Crippen molar-refractivity contribution in [3.8, 4) is 51.6 Å². The minimum absolute atomic E-state index is 0.535. The fraction of sp³-hybridized carbons (Fsp3) is 0. The second-order valence-corrected chi connectivity index (χ2v) is 14.2. The van der Waals surface area contributed by atoms with Crippen molar-refractivity contribution in [1.82, 2.24) is 29.5 Å². The van der Waals surface area contributed by atoms with Gasteiger partial charge in [-0.1, -0.05) is 97.1 Å². The summed E-state index contributed by atoms with van der Waals surface area (Å²) in [5.41, 5.74) is 8.72. The topological polar surface area (TPSA) is 95.7 Å². The lowest BCUT2D eigenvalue weighted by Gasteiger charge is -2.12. The van der Waals surface area contributed by atoms with E-state index in [1.54, 1.807) is 0 Å². The third kappa shape index (κ3) is 5.19. The first-order valence-electron chi connectivity index (χ1n) is 18.7. The van der Waals surface area contributed by atoms with Gasteiger partial charge >= 0.3 is 0 Å². The van der Waals surface area contributed by atoms with Crippen LogP contribution in [0.5, 0.6) is 0 Å². The van der Waals surface area contributed by atoms with E-state index in [9.17, 15) is 0 Å². The number of nitrogens with zero attached hydrogens (tertiary/aromatic N) is 6. The zero-order valence-electron chi connectivity index (χ0n) is 30.2. The molecule has 0 fully saturated rings. The summed E-state index contributed by atoms with van der Waals surface area (Å²) in [4.78, 5) is 25.1. The van der Waals surface area contributed by atoms with Gasteiger partial charge in [0.2, 0.25) is 17.7 Å². The smallest absolute Gasteiger partial charge is 0.238 e. The second kappa shape index (κ2) is 12.3. The third-order valence-corrected chi connectivity index (χ3v) is 10.7. The molecule has 8 nitrogen and oxygen atoms in total. The Bertz CT molecular complexity index is 3270. The highest BCUT2D eigenvalue weighted by atomic mass is 16.4. The molecule has 0 saturated carbocycles. The highest BCUT2D eigenvalue weighted by Crippen LogP contribution is 2.35. The average Bonchev–Trinajstić information content (AvgIpc) is 4.00. The predicted molar refractivity (Wildman–Crippen MR) is 226 cm³/mol. The maximum absolute atomic E-state index is 6.13. The molecule has 266 valence electrons. The Morgan fingerprint density at radius 1 is 0.351 bits per heavy atom. The summed E-state index contributed by atoms with van der Waals surface area (Å²) in [6.45, 7) is 0. The van der Waals surface area contributed by atoms with Gasteiger partial charge in [0.1, 0.15) is 11.0 Å². The van der Waals surface area contributed by atoms with E-state index in [-0.39, 0.29) is 0 Å². The standard InChI is InChI=1S/C49H28N6O2/c1-5-13-41-37(9-1)38-10-2-6-14-42(38)55(41)49-53-45(31-21-17-29-19-23-33(27-35(29)25-31)47-50-39-11-3-7-15-43(39)56-47)52-46(54-49)32-22-18-30-20-24-34(28-36(30)26-32)48-51-40-12-4-8-16-44(40)57-48/h1-28H. The molecule has 0 unspecified atom stereocenters. The number of rotatable bonds is 5. The van der Waals surface area contributed by atoms with E-state index in [0.717, 1.165) is 87.8 Å². The minimum atomic E-state index is 0.535. The molecule has 0 saturated heterocycles. The van der Waals surface area contributed by atoms with Crippen LogP contribution in [0.1, 0.15) is 0 Å². The normalized spacial score (nSPS) is 11.9. The summed E-state index contributed by atoms with van der Waals surface area (Å²) in [5, 5.41) is 6.47. The SMILES string of the molecule is c1ccc2oc(-c3ccc4ccc(-c5nc(-c6ccc7ccc(-c8nc9ccccc9o8)cc7c6)nc(-n6c7ccccc7c7ccccc76)n5)cc4c3)nc2c1. The van der Waals surface area contributed by atoms with Crippen molar-refractivity contribution in [3.63, 3.8) is 0 Å². The number of fused-ring (bicyclic) bond motifs is 7. The van der Waals surface area contributed by atoms with Crippen molar-refractivity contribution in [3.05, 3.63) is 170 Å². The summed E-state index contributed by atoms with van der Waals surface area (Å²) in [7, 11) is 0. The molecular weight excluding hydrogens is 705 g/mol. The molecule has 0 aliphatic rings. The molecule has 57 heavy (non-hydrogen) atoms. The van der Waals surface area contributed by atoms with E-state index in [2.05, 4.69) is 114 Å². The molecule has 12 aromatic rings. The number of aromatic nitrogens is 6. The molecule has 0 aliphatic heterocycles. The summed E-state index contributed by atoms with van der Waals surface area (Å²) in [6.07, 6.45) is 0. The van der Waals surface area contributed by atoms with Crippen LogP contribution in [-0.2, 0) is 0 Å². The van der Waals surface area contributed by atoms with Gasteiger partial charge in [0.05, 0.1) is 11.0 Å². The average molecular weight is 733 g/mol. The summed E-state index contributed by atoms with van der Waals surface area (Å²) in [5.74, 6) is 2.82. The summed E-state index contributed by atoms with van der Waals surface area (Å²) < 4.78 is 14.4. The van der Waals surface area contributed by atoms with Crippen molar-refractivity contribution in [2.24, 2.45) is 0 Å². The van der Waals surface area contributed by atoms with Gasteiger partial charge in [-0.05, 0) is 94.3 Å². The predicted octanol–water partition coefficient (Wildman–Crippen LogP) is 12.2. The molecule has 0 atom stereocenters. The second-order valence-electron chi connectivity index (χ2n) is 14.2. The molecule has 0 N–H and O–H groups in total. The molecular formula is C49H28N6O2. The minimum Gasteiger partial charge on any atom is -0.436 e. The van der Waals surface area contributed by atoms with E-state index < -0.39 is 0 Å². The highest BCUT2D eigenvalue weighted by Gasteiger charge is 2.19. The number of hydrogen-bond donors (Lipinski definition) is 0. The van der Waals surface area contributed by atoms with Crippen LogP contribution in [-0.4, -0.2) is 29.5 Å². The summed E-state index contributed by atoms with van der Waals surface area (Å²) >= 11 is 0. The maximum Gasteiger partial charge on any atom is 0.238 e. The van der Waals surface area contributed by atoms with Crippen LogP contribution in [0.15, 0.2) is 179 Å². The molecule has 12 rings (SSSR count). The molecule has 4 aromatic heterocycles. The van der Waals surface area contributed by atoms with Gasteiger partial charge < -0.3 is 8.83 Å². The van der Waals surface area contributed by atoms with E-state index in [1.807, 2.05) is 60.7 Å². The van der Waals surface area contributed by atoms with Crippen molar-refractivity contribution < 1.29 is 8.83 Å². The Kier molecular flexibility index (Phi) is 6.76. The Labute approximate surface area is 324 Å². The maximum atomic E-state index is 6.13. The number of hydrogen-bond acceptors (Lipinski definition) is 7. The van der Waals surface area contributed by atoms with Gasteiger partial charge in [-0.3, -0.25) is 4.57 Å². The van der Waals surface area contributed by atoms with Crippen molar-refractivity contribution in [1.29, 1.82) is 0 Å². The van der Waals surface area contributed by atoms with Crippen LogP contribution in [0, 0.1) is 0 Å². The fourth-order valence-electron chi connectivity index (χ4n) is 7.89. The van der Waals surface area contributed by atoms with Crippen LogP contribution >= 0.6 is 0 Å². The largest absolute Gasteiger partial charge is 0.436 e. The first kappa shape index (κ1) is 31.4. The molecule has 0 aliphatic carbocycles. The Morgan fingerprint density at radius 2 is 0.772 bits per heavy atom. The van der Waals surface area contributed by atoms with Gasteiger partial charge in [-0.2, -0.15) is 9.97 Å². The first-order valence-corrected chi connectivity index (χ1v) is 18.7. The van der Waals surface area contributed by atoms with Crippen LogP contribution in [0.3, 0.4) is 0 Å². The van der Waals surface area contributed by atoms with Gasteiger partial charge in [0.25, 0.3) is 0 Å². The number of benzene rings is 8. The van der Waals surface area contributed by atoms with Crippen LogP contribution in [0.2, 0.25) is 0 Å². The molecule has 0 bridgehead atoms. The Hall–Kier alpha value is -7.97. The van der Waals surface area contributed by atoms with E-state index in [1.165, 1.54) is 0 Å². The van der Waals surface area contributed by atoms with E-state index in [4.69, 9.17) is 33.8 Å². The Balaban J connectivity index is 1.04. The van der Waals surface area contributed by atoms with Crippen LogP contribution in [0.25, 0.3) is 117 Å². The van der Waals surface area contributed by atoms with Gasteiger partial charge in [-0.15, -0.1) is 0 Å². The lowest BCUT2D eigenvalue weighted by atomic mass is 10.0. The molecule has 4 heterocycles. The highest BCUT2D eigenvalue weighted by molar-refractivity contribution is 6.09. The van der Waals surface area contributed by atoms with Gasteiger partial charge in [-0.25, -0.2) is 15.0 Å².